The molecule has 0 aliphatic carbocycles. The van der Waals surface area contributed by atoms with Crippen molar-refractivity contribution in [3.8, 4) is 17.2 Å². The Morgan fingerprint density at radius 2 is 1.76 bits per heavy atom. The number of nitrogens with zero attached hydrogens (tertiary/aromatic N) is 1. The van der Waals surface area contributed by atoms with E-state index in [9.17, 15) is 19.7 Å². The molecule has 11 nitrogen and oxygen atoms in total. The van der Waals surface area contributed by atoms with E-state index in [-0.39, 0.29) is 41.7 Å². The molecule has 33 heavy (non-hydrogen) atoms. The third-order valence-corrected chi connectivity index (χ3v) is 4.83. The lowest BCUT2D eigenvalue weighted by Crippen LogP contribution is -2.47. The third-order valence-electron chi connectivity index (χ3n) is 4.83. The lowest BCUT2D eigenvalue weighted by atomic mass is 9.95. The zero-order valence-electron chi connectivity index (χ0n) is 18.2. The summed E-state index contributed by atoms with van der Waals surface area (Å²) in [5.41, 5.74) is 0.544. The Hall–Kier alpha value is -4.28. The van der Waals surface area contributed by atoms with E-state index < -0.39 is 23.0 Å². The first-order valence-electron chi connectivity index (χ1n) is 9.94. The molecular weight excluding hydrogens is 434 g/mol. The van der Waals surface area contributed by atoms with Crippen molar-refractivity contribution in [1.29, 1.82) is 0 Å². The molecule has 2 amide bonds. The number of hydrogen-bond donors (Lipinski definition) is 2. The number of nitro benzene ring substituents is 1. The molecule has 0 aromatic heterocycles. The van der Waals surface area contributed by atoms with Gasteiger partial charge in [-0.1, -0.05) is 12.1 Å². The van der Waals surface area contributed by atoms with Crippen LogP contribution in [0.5, 0.6) is 17.2 Å². The summed E-state index contributed by atoms with van der Waals surface area (Å²) in [6.45, 7) is 1.46. The number of esters is 1. The van der Waals surface area contributed by atoms with Crippen LogP contribution in [0.4, 0.5) is 10.5 Å². The third kappa shape index (κ3) is 5.32. The summed E-state index contributed by atoms with van der Waals surface area (Å²) >= 11 is 0. The summed E-state index contributed by atoms with van der Waals surface area (Å²) < 4.78 is 21.0. The second-order valence-electron chi connectivity index (χ2n) is 6.80. The summed E-state index contributed by atoms with van der Waals surface area (Å²) in [7, 11) is 2.92. The van der Waals surface area contributed by atoms with Crippen molar-refractivity contribution in [1.82, 2.24) is 10.6 Å². The van der Waals surface area contributed by atoms with Gasteiger partial charge in [-0.3, -0.25) is 10.1 Å². The maximum atomic E-state index is 12.8. The molecule has 2 N–H and O–H groups in total. The van der Waals surface area contributed by atoms with Gasteiger partial charge in [0.1, 0.15) is 18.1 Å². The Labute approximate surface area is 189 Å². The first kappa shape index (κ1) is 23.4. The number of methoxy groups -OCH3 is 2. The van der Waals surface area contributed by atoms with E-state index in [1.807, 2.05) is 0 Å². The molecule has 1 atom stereocenters. The Morgan fingerprint density at radius 3 is 2.36 bits per heavy atom. The standard InChI is InChI=1S/C22H23N3O8/c1-4-32-21(26)19-16(12-33-18-10-9-15(31-3)11-17(18)25(28)29)23-22(27)24-20(19)13-5-7-14(30-2)8-6-13/h5-11,20H,4,12H2,1-3H3,(H2,23,24,27)/t20-/m1/s1. The number of rotatable bonds is 9. The van der Waals surface area contributed by atoms with Crippen LogP contribution in [0, 0.1) is 10.1 Å². The van der Waals surface area contributed by atoms with Crippen molar-refractivity contribution in [3.63, 3.8) is 0 Å². The van der Waals surface area contributed by atoms with Gasteiger partial charge >= 0.3 is 17.7 Å². The average Bonchev–Trinajstić information content (AvgIpc) is 2.82. The van der Waals surface area contributed by atoms with Gasteiger partial charge in [0.2, 0.25) is 0 Å². The van der Waals surface area contributed by atoms with Gasteiger partial charge in [-0.2, -0.15) is 0 Å². The van der Waals surface area contributed by atoms with Crippen molar-refractivity contribution in [2.75, 3.05) is 27.4 Å². The molecule has 1 aliphatic rings. The van der Waals surface area contributed by atoms with Crippen LogP contribution < -0.4 is 24.8 Å². The van der Waals surface area contributed by atoms with Gasteiger partial charge in [0.15, 0.2) is 5.75 Å². The number of benzene rings is 2. The maximum Gasteiger partial charge on any atom is 0.338 e. The van der Waals surface area contributed by atoms with E-state index in [0.29, 0.717) is 11.3 Å². The Kier molecular flexibility index (Phi) is 7.34. The number of ether oxygens (including phenoxy) is 4. The van der Waals surface area contributed by atoms with Crippen molar-refractivity contribution >= 4 is 17.7 Å². The van der Waals surface area contributed by atoms with Gasteiger partial charge in [0.05, 0.1) is 49.1 Å². The van der Waals surface area contributed by atoms with Crippen molar-refractivity contribution in [3.05, 3.63) is 69.4 Å². The molecule has 0 bridgehead atoms. The Bertz CT molecular complexity index is 1080. The number of nitro groups is 1. The molecular formula is C22H23N3O8. The fourth-order valence-corrected chi connectivity index (χ4v) is 3.27. The van der Waals surface area contributed by atoms with E-state index in [0.717, 1.165) is 0 Å². The molecule has 11 heteroatoms. The van der Waals surface area contributed by atoms with Crippen LogP contribution in [0.25, 0.3) is 0 Å². The van der Waals surface area contributed by atoms with Crippen molar-refractivity contribution in [2.24, 2.45) is 0 Å². The van der Waals surface area contributed by atoms with E-state index >= 15 is 0 Å². The summed E-state index contributed by atoms with van der Waals surface area (Å²) in [6.07, 6.45) is 0. The summed E-state index contributed by atoms with van der Waals surface area (Å²) in [5, 5.41) is 16.7. The smallest absolute Gasteiger partial charge is 0.338 e. The summed E-state index contributed by atoms with van der Waals surface area (Å²) in [6, 6.07) is 9.53. The molecule has 0 radical (unpaired) electrons. The summed E-state index contributed by atoms with van der Waals surface area (Å²) in [5.74, 6) is 0.185. The van der Waals surface area contributed by atoms with Crippen LogP contribution in [0.15, 0.2) is 53.7 Å². The molecule has 1 aliphatic heterocycles. The maximum absolute atomic E-state index is 12.8. The number of carbonyl (C=O) groups excluding carboxylic acids is 2. The van der Waals surface area contributed by atoms with Gasteiger partial charge in [-0.05, 0) is 36.8 Å². The number of amides is 2. The highest BCUT2D eigenvalue weighted by Gasteiger charge is 2.34. The number of nitrogens with one attached hydrogen (secondary N) is 2. The lowest BCUT2D eigenvalue weighted by molar-refractivity contribution is -0.385. The fraction of sp³-hybridized carbons (Fsp3) is 0.273. The van der Waals surface area contributed by atoms with E-state index in [1.165, 1.54) is 32.4 Å². The molecule has 0 saturated heterocycles. The van der Waals surface area contributed by atoms with Gasteiger partial charge in [-0.25, -0.2) is 9.59 Å². The van der Waals surface area contributed by atoms with E-state index in [4.69, 9.17) is 18.9 Å². The predicted molar refractivity (Wildman–Crippen MR) is 116 cm³/mol. The minimum absolute atomic E-state index is 0.0507. The van der Waals surface area contributed by atoms with Crippen molar-refractivity contribution < 1.29 is 33.5 Å². The predicted octanol–water partition coefficient (Wildman–Crippen LogP) is 2.86. The Morgan fingerprint density at radius 1 is 1.09 bits per heavy atom. The lowest BCUT2D eigenvalue weighted by Gasteiger charge is -2.29. The highest BCUT2D eigenvalue weighted by Crippen LogP contribution is 2.33. The molecule has 1 heterocycles. The second kappa shape index (κ2) is 10.4. The molecule has 174 valence electrons. The fourth-order valence-electron chi connectivity index (χ4n) is 3.27. The Balaban J connectivity index is 1.99. The van der Waals surface area contributed by atoms with Gasteiger partial charge in [0.25, 0.3) is 0 Å². The molecule has 0 saturated carbocycles. The average molecular weight is 457 g/mol. The highest BCUT2D eigenvalue weighted by atomic mass is 16.6. The monoisotopic (exact) mass is 457 g/mol. The normalized spacial score (nSPS) is 15.2. The highest BCUT2D eigenvalue weighted by molar-refractivity contribution is 5.95. The van der Waals surface area contributed by atoms with Gasteiger partial charge in [-0.15, -0.1) is 0 Å². The topological polar surface area (TPSA) is 138 Å². The van der Waals surface area contributed by atoms with E-state index in [1.54, 1.807) is 31.2 Å². The number of urea groups is 1. The quantitative estimate of drug-likeness (QED) is 0.333. The van der Waals surface area contributed by atoms with Crippen LogP contribution in [0.1, 0.15) is 18.5 Å². The minimum atomic E-state index is -0.826. The van der Waals surface area contributed by atoms with Gasteiger partial charge in [0, 0.05) is 0 Å². The van der Waals surface area contributed by atoms with Crippen LogP contribution in [-0.2, 0) is 9.53 Å². The molecule has 0 fully saturated rings. The minimum Gasteiger partial charge on any atom is -0.497 e. The molecule has 2 aromatic rings. The van der Waals surface area contributed by atoms with Crippen LogP contribution in [0.3, 0.4) is 0 Å². The van der Waals surface area contributed by atoms with Gasteiger partial charge < -0.3 is 29.6 Å². The molecule has 0 spiro atoms. The van der Waals surface area contributed by atoms with E-state index in [2.05, 4.69) is 10.6 Å². The van der Waals surface area contributed by atoms with Crippen LogP contribution in [-0.4, -0.2) is 44.4 Å². The van der Waals surface area contributed by atoms with Crippen LogP contribution >= 0.6 is 0 Å². The molecule has 2 aromatic carbocycles. The zero-order valence-corrected chi connectivity index (χ0v) is 18.2. The second-order valence-corrected chi connectivity index (χ2v) is 6.80. The zero-order chi connectivity index (χ0) is 24.0. The summed E-state index contributed by atoms with van der Waals surface area (Å²) in [4.78, 5) is 36.0. The molecule has 0 unspecified atom stereocenters. The van der Waals surface area contributed by atoms with Crippen molar-refractivity contribution in [2.45, 2.75) is 13.0 Å². The number of hydrogen-bond acceptors (Lipinski definition) is 8. The first-order valence-corrected chi connectivity index (χ1v) is 9.94. The first-order chi connectivity index (χ1) is 15.9. The number of carbonyl (C=O) groups is 2. The largest absolute Gasteiger partial charge is 0.497 e. The SMILES string of the molecule is CCOC(=O)C1=C(COc2ccc(OC)cc2[N+](=O)[O-])NC(=O)N[C@@H]1c1ccc(OC)cc1. The van der Waals surface area contributed by atoms with Crippen LogP contribution in [0.2, 0.25) is 0 Å². The molecule has 3 rings (SSSR count).